The summed E-state index contributed by atoms with van der Waals surface area (Å²) in [5.41, 5.74) is 1.03. The lowest BCUT2D eigenvalue weighted by Crippen LogP contribution is -2.21. The van der Waals surface area contributed by atoms with Crippen LogP contribution in [-0.2, 0) is 11.2 Å². The topological polar surface area (TPSA) is 37.3 Å². The van der Waals surface area contributed by atoms with Crippen molar-refractivity contribution < 1.29 is 9.90 Å². The predicted molar refractivity (Wildman–Crippen MR) is 75.8 cm³/mol. The van der Waals surface area contributed by atoms with E-state index in [2.05, 4.69) is 0 Å². The first-order valence-corrected chi connectivity index (χ1v) is 7.74. The molecule has 1 aliphatic rings. The summed E-state index contributed by atoms with van der Waals surface area (Å²) in [7, 11) is 0. The molecule has 18 heavy (non-hydrogen) atoms. The van der Waals surface area contributed by atoms with Crippen LogP contribution in [0.3, 0.4) is 0 Å². The summed E-state index contributed by atoms with van der Waals surface area (Å²) in [6.07, 6.45) is 6.34. The molecule has 1 aromatic heterocycles. The van der Waals surface area contributed by atoms with Gasteiger partial charge in [0.25, 0.3) is 0 Å². The lowest BCUT2D eigenvalue weighted by Gasteiger charge is -2.27. The molecule has 0 saturated heterocycles. The van der Waals surface area contributed by atoms with Crippen LogP contribution in [-0.4, -0.2) is 11.1 Å². The average molecular weight is 307 g/mol. The Balaban J connectivity index is 2.02. The molecular weight excluding hydrogens is 291 g/mol. The van der Waals surface area contributed by atoms with E-state index >= 15 is 0 Å². The molecule has 0 aromatic carbocycles. The van der Waals surface area contributed by atoms with Gasteiger partial charge in [0.2, 0.25) is 0 Å². The number of thiophene rings is 1. The fourth-order valence-corrected chi connectivity index (χ4v) is 4.45. The highest BCUT2D eigenvalue weighted by Gasteiger charge is 2.35. The van der Waals surface area contributed by atoms with Gasteiger partial charge in [0.1, 0.15) is 0 Å². The molecule has 1 saturated carbocycles. The van der Waals surface area contributed by atoms with E-state index in [1.165, 1.54) is 11.3 Å². The normalized spacial score (nSPS) is 18.1. The maximum absolute atomic E-state index is 11.0. The van der Waals surface area contributed by atoms with Gasteiger partial charge in [-0.05, 0) is 42.7 Å². The monoisotopic (exact) mass is 306 g/mol. The number of hydrogen-bond donors (Lipinski definition) is 1. The van der Waals surface area contributed by atoms with Crippen LogP contribution >= 0.6 is 34.5 Å². The zero-order chi connectivity index (χ0) is 13.2. The van der Waals surface area contributed by atoms with E-state index in [0.29, 0.717) is 4.34 Å². The van der Waals surface area contributed by atoms with Gasteiger partial charge >= 0.3 is 5.97 Å². The SMILES string of the molecule is O=C(O)CC1(CCc2cc(Cl)sc2Cl)CCCC1. The zero-order valence-corrected chi connectivity index (χ0v) is 12.4. The Morgan fingerprint density at radius 1 is 1.39 bits per heavy atom. The van der Waals surface area contributed by atoms with Crippen molar-refractivity contribution in [3.63, 3.8) is 0 Å². The Labute approximate surface area is 121 Å². The van der Waals surface area contributed by atoms with E-state index in [1.54, 1.807) is 0 Å². The number of aryl methyl sites for hydroxylation is 1. The number of hydrogen-bond acceptors (Lipinski definition) is 2. The first kappa shape index (κ1) is 14.2. The smallest absolute Gasteiger partial charge is 0.303 e. The van der Waals surface area contributed by atoms with Crippen molar-refractivity contribution in [1.29, 1.82) is 0 Å². The molecule has 2 nitrogen and oxygen atoms in total. The molecule has 1 aromatic rings. The van der Waals surface area contributed by atoms with Gasteiger partial charge in [-0.1, -0.05) is 36.0 Å². The zero-order valence-electron chi connectivity index (χ0n) is 10.0. The number of carboxylic acids is 1. The minimum absolute atomic E-state index is 0.0242. The van der Waals surface area contributed by atoms with Gasteiger partial charge < -0.3 is 5.11 Å². The second-order valence-corrected chi connectivity index (χ2v) is 7.41. The standard InChI is InChI=1S/C13H16Cl2O2S/c14-10-7-9(12(15)18-10)3-6-13(8-11(16)17)4-1-2-5-13/h7H,1-6,8H2,(H,16,17). The molecule has 2 rings (SSSR count). The van der Waals surface area contributed by atoms with E-state index in [-0.39, 0.29) is 11.8 Å². The number of carboxylic acid groups (broad SMARTS) is 1. The maximum atomic E-state index is 11.0. The second kappa shape index (κ2) is 5.81. The van der Waals surface area contributed by atoms with Crippen molar-refractivity contribution in [3.05, 3.63) is 20.3 Å². The highest BCUT2D eigenvalue weighted by atomic mass is 35.5. The first-order valence-electron chi connectivity index (χ1n) is 6.16. The third-order valence-electron chi connectivity index (χ3n) is 3.84. The summed E-state index contributed by atoms with van der Waals surface area (Å²) >= 11 is 13.4. The van der Waals surface area contributed by atoms with Crippen LogP contribution in [0.5, 0.6) is 0 Å². The van der Waals surface area contributed by atoms with Crippen LogP contribution in [0.4, 0.5) is 0 Å². The lowest BCUT2D eigenvalue weighted by molar-refractivity contribution is -0.139. The van der Waals surface area contributed by atoms with Crippen molar-refractivity contribution >= 4 is 40.5 Å². The lowest BCUT2D eigenvalue weighted by atomic mass is 9.78. The van der Waals surface area contributed by atoms with Crippen LogP contribution in [0.1, 0.15) is 44.1 Å². The number of aliphatic carboxylic acids is 1. The minimum Gasteiger partial charge on any atom is -0.481 e. The first-order chi connectivity index (χ1) is 8.51. The summed E-state index contributed by atoms with van der Waals surface area (Å²) in [5.74, 6) is -0.689. The van der Waals surface area contributed by atoms with Gasteiger partial charge in [-0.3, -0.25) is 4.79 Å². The van der Waals surface area contributed by atoms with Gasteiger partial charge in [-0.2, -0.15) is 0 Å². The molecule has 1 heterocycles. The number of rotatable bonds is 5. The molecule has 0 unspecified atom stereocenters. The molecular formula is C13H16Cl2O2S. The summed E-state index contributed by atoms with van der Waals surface area (Å²) < 4.78 is 1.44. The second-order valence-electron chi connectivity index (χ2n) is 5.13. The Kier molecular flexibility index (Phi) is 4.57. The van der Waals surface area contributed by atoms with Crippen LogP contribution < -0.4 is 0 Å². The highest BCUT2D eigenvalue weighted by Crippen LogP contribution is 2.45. The minimum atomic E-state index is -0.689. The highest BCUT2D eigenvalue weighted by molar-refractivity contribution is 7.20. The molecule has 1 fully saturated rings. The number of halogens is 2. The fourth-order valence-electron chi connectivity index (χ4n) is 2.91. The molecule has 0 aliphatic heterocycles. The van der Waals surface area contributed by atoms with Gasteiger partial charge in [0.15, 0.2) is 0 Å². The molecule has 0 atom stereocenters. The predicted octanol–water partition coefficient (Wildman–Crippen LogP) is 5.02. The fraction of sp³-hybridized carbons (Fsp3) is 0.615. The molecule has 1 aliphatic carbocycles. The van der Waals surface area contributed by atoms with Crippen LogP contribution in [0.2, 0.25) is 8.67 Å². The van der Waals surface area contributed by atoms with E-state index in [1.807, 2.05) is 6.07 Å². The van der Waals surface area contributed by atoms with Crippen molar-refractivity contribution in [2.24, 2.45) is 5.41 Å². The Morgan fingerprint density at radius 3 is 2.56 bits per heavy atom. The Hall–Kier alpha value is -0.250. The van der Waals surface area contributed by atoms with Crippen molar-refractivity contribution in [3.8, 4) is 0 Å². The van der Waals surface area contributed by atoms with E-state index in [0.717, 1.165) is 48.4 Å². The largest absolute Gasteiger partial charge is 0.481 e. The maximum Gasteiger partial charge on any atom is 0.303 e. The molecule has 5 heteroatoms. The summed E-state index contributed by atoms with van der Waals surface area (Å²) in [5, 5.41) is 9.05. The third kappa shape index (κ3) is 3.40. The van der Waals surface area contributed by atoms with Crippen LogP contribution in [0.15, 0.2) is 6.07 Å². The molecule has 1 N–H and O–H groups in total. The van der Waals surface area contributed by atoms with Crippen LogP contribution in [0, 0.1) is 5.41 Å². The van der Waals surface area contributed by atoms with Gasteiger partial charge in [0.05, 0.1) is 15.1 Å². The van der Waals surface area contributed by atoms with E-state index in [9.17, 15) is 4.79 Å². The average Bonchev–Trinajstić information content (AvgIpc) is 2.83. The van der Waals surface area contributed by atoms with Gasteiger partial charge in [0, 0.05) is 0 Å². The summed E-state index contributed by atoms with van der Waals surface area (Å²) in [4.78, 5) is 11.0. The molecule has 0 spiro atoms. The Morgan fingerprint density at radius 2 is 2.06 bits per heavy atom. The van der Waals surface area contributed by atoms with Gasteiger partial charge in [-0.25, -0.2) is 0 Å². The molecule has 0 amide bonds. The summed E-state index contributed by atoms with van der Waals surface area (Å²) in [6, 6.07) is 1.90. The van der Waals surface area contributed by atoms with Crippen LogP contribution in [0.25, 0.3) is 0 Å². The Bertz CT molecular complexity index is 436. The molecule has 0 bridgehead atoms. The molecule has 100 valence electrons. The summed E-state index contributed by atoms with van der Waals surface area (Å²) in [6.45, 7) is 0. The van der Waals surface area contributed by atoms with Crippen molar-refractivity contribution in [1.82, 2.24) is 0 Å². The van der Waals surface area contributed by atoms with Crippen molar-refractivity contribution in [2.45, 2.75) is 44.9 Å². The van der Waals surface area contributed by atoms with E-state index < -0.39 is 5.97 Å². The molecule has 0 radical (unpaired) electrons. The van der Waals surface area contributed by atoms with Gasteiger partial charge in [-0.15, -0.1) is 11.3 Å². The quantitative estimate of drug-likeness (QED) is 0.829. The number of carbonyl (C=O) groups is 1. The van der Waals surface area contributed by atoms with E-state index in [4.69, 9.17) is 28.3 Å². The third-order valence-corrected chi connectivity index (χ3v) is 5.41. The van der Waals surface area contributed by atoms with Crippen molar-refractivity contribution in [2.75, 3.05) is 0 Å².